The molecular formula is C33H27N3PS. The molecule has 5 radical (unpaired) electrons. The first-order valence-electron chi connectivity index (χ1n) is 12.7. The molecule has 1 aromatic heterocycles. The monoisotopic (exact) mass is 528 g/mol. The fourth-order valence-electron chi connectivity index (χ4n) is 4.71. The summed E-state index contributed by atoms with van der Waals surface area (Å²) < 4.78 is 2.10. The molecule has 0 spiro atoms. The maximum atomic E-state index is 4.74. The van der Waals surface area contributed by atoms with E-state index in [1.54, 1.807) is 11.8 Å². The zero-order chi connectivity index (χ0) is 25.7. The molecule has 1 aliphatic rings. The lowest BCUT2D eigenvalue weighted by molar-refractivity contribution is 0.473. The summed E-state index contributed by atoms with van der Waals surface area (Å²) in [7, 11) is -0.716. The Balaban J connectivity index is 1.39. The molecule has 1 atom stereocenters. The summed E-state index contributed by atoms with van der Waals surface area (Å²) in [5.41, 5.74) is 3.34. The standard InChI is InChI=1S/C33H27N3PS/c1-25(30-23-14-24-31(30)37(27-17-8-3-9-18-27)28-19-10-4-11-20-28)36-33(38-29-21-12-5-13-22-29)32(34-35-36)26-15-6-2-7-16-26/h2-25H,1H3/t25-/m0/s1. The van der Waals surface area contributed by atoms with Gasteiger partial charge in [0.25, 0.3) is 0 Å². The van der Waals surface area contributed by atoms with Crippen LogP contribution in [0.2, 0.25) is 0 Å². The largest absolute Gasteiger partial charge is 0.234 e. The highest BCUT2D eigenvalue weighted by atomic mass is 32.2. The molecule has 0 amide bonds. The van der Waals surface area contributed by atoms with E-state index in [0.717, 1.165) is 16.3 Å². The van der Waals surface area contributed by atoms with Crippen molar-refractivity contribution in [1.29, 1.82) is 0 Å². The van der Waals surface area contributed by atoms with Crippen molar-refractivity contribution in [3.8, 4) is 11.3 Å². The van der Waals surface area contributed by atoms with Gasteiger partial charge in [-0.1, -0.05) is 126 Å². The minimum absolute atomic E-state index is 0.00796. The van der Waals surface area contributed by atoms with Crippen LogP contribution >= 0.6 is 19.7 Å². The van der Waals surface area contributed by atoms with Crippen LogP contribution in [0.3, 0.4) is 0 Å². The lowest BCUT2D eigenvalue weighted by atomic mass is 9.99. The van der Waals surface area contributed by atoms with E-state index in [9.17, 15) is 0 Å². The Kier molecular flexibility index (Phi) is 7.71. The molecule has 1 heterocycles. The second-order valence-electron chi connectivity index (χ2n) is 9.02. The number of nitrogens with zero attached hydrogens (tertiary/aromatic N) is 3. The SMILES string of the molecule is C[C@@H]([C]1[CH][CH][CH][C]1P(c1ccccc1)c1ccccc1)n1nnc(-c2ccccc2)c1Sc1ccccc1. The van der Waals surface area contributed by atoms with Gasteiger partial charge in [-0.05, 0) is 56.8 Å². The van der Waals surface area contributed by atoms with Crippen molar-refractivity contribution < 1.29 is 0 Å². The van der Waals surface area contributed by atoms with Crippen LogP contribution in [0.1, 0.15) is 13.0 Å². The van der Waals surface area contributed by atoms with E-state index in [-0.39, 0.29) is 6.04 Å². The van der Waals surface area contributed by atoms with Crippen molar-refractivity contribution in [3.05, 3.63) is 152 Å². The molecule has 5 aromatic rings. The topological polar surface area (TPSA) is 30.7 Å². The molecule has 0 aliphatic heterocycles. The van der Waals surface area contributed by atoms with Gasteiger partial charge in [-0.3, -0.25) is 0 Å². The van der Waals surface area contributed by atoms with E-state index < -0.39 is 7.92 Å². The number of hydrogen-bond acceptors (Lipinski definition) is 3. The minimum atomic E-state index is -0.716. The van der Waals surface area contributed by atoms with Gasteiger partial charge in [-0.15, -0.1) is 5.10 Å². The van der Waals surface area contributed by atoms with Crippen molar-refractivity contribution in [2.75, 3.05) is 0 Å². The molecule has 3 nitrogen and oxygen atoms in total. The maximum absolute atomic E-state index is 4.74. The Bertz CT molecular complexity index is 1400. The Morgan fingerprint density at radius 1 is 0.684 bits per heavy atom. The highest BCUT2D eigenvalue weighted by Gasteiger charge is 2.41. The Labute approximate surface area is 231 Å². The van der Waals surface area contributed by atoms with Crippen molar-refractivity contribution in [3.63, 3.8) is 0 Å². The van der Waals surface area contributed by atoms with Crippen LogP contribution in [-0.2, 0) is 0 Å². The fourth-order valence-corrected chi connectivity index (χ4v) is 8.31. The number of hydrogen-bond donors (Lipinski definition) is 0. The average molecular weight is 529 g/mol. The van der Waals surface area contributed by atoms with Gasteiger partial charge < -0.3 is 0 Å². The van der Waals surface area contributed by atoms with Gasteiger partial charge >= 0.3 is 0 Å². The highest BCUT2D eigenvalue weighted by Crippen LogP contribution is 2.59. The van der Waals surface area contributed by atoms with Crippen LogP contribution in [0.15, 0.2) is 131 Å². The smallest absolute Gasteiger partial charge is 0.127 e. The summed E-state index contributed by atoms with van der Waals surface area (Å²) in [6.07, 6.45) is 6.72. The molecule has 38 heavy (non-hydrogen) atoms. The summed E-state index contributed by atoms with van der Waals surface area (Å²) in [4.78, 5) is 1.17. The summed E-state index contributed by atoms with van der Waals surface area (Å²) in [5.74, 6) is 1.28. The third-order valence-corrected chi connectivity index (χ3v) is 10.2. The molecule has 1 saturated carbocycles. The van der Waals surface area contributed by atoms with Crippen molar-refractivity contribution in [2.45, 2.75) is 22.9 Å². The molecule has 185 valence electrons. The molecule has 0 unspecified atom stereocenters. The summed E-state index contributed by atoms with van der Waals surface area (Å²) in [6.45, 7) is 2.24. The minimum Gasteiger partial charge on any atom is -0.234 e. The van der Waals surface area contributed by atoms with E-state index >= 15 is 0 Å². The summed E-state index contributed by atoms with van der Waals surface area (Å²) in [6, 6.07) is 42.5. The first kappa shape index (κ1) is 25.1. The Hall–Kier alpha value is -3.20. The Morgan fingerprint density at radius 2 is 1.24 bits per heavy atom. The lowest BCUT2D eigenvalue weighted by Gasteiger charge is -2.32. The quantitative estimate of drug-likeness (QED) is 0.195. The van der Waals surface area contributed by atoms with Crippen molar-refractivity contribution in [1.82, 2.24) is 15.0 Å². The molecular weight excluding hydrogens is 501 g/mol. The molecule has 1 aliphatic carbocycles. The van der Waals surface area contributed by atoms with Crippen molar-refractivity contribution >= 4 is 30.3 Å². The van der Waals surface area contributed by atoms with Gasteiger partial charge in [0.05, 0.1) is 6.04 Å². The normalized spacial score (nSPS) is 15.2. The molecule has 4 aromatic carbocycles. The lowest BCUT2D eigenvalue weighted by Crippen LogP contribution is -2.24. The van der Waals surface area contributed by atoms with Gasteiger partial charge in [-0.25, -0.2) is 4.68 Å². The van der Waals surface area contributed by atoms with Gasteiger partial charge in [0.1, 0.15) is 10.7 Å². The van der Waals surface area contributed by atoms with Crippen LogP contribution in [0.4, 0.5) is 0 Å². The molecule has 1 fully saturated rings. The predicted octanol–water partition coefficient (Wildman–Crippen LogP) is 7.52. The number of benzene rings is 4. The zero-order valence-corrected chi connectivity index (χ0v) is 22.8. The second-order valence-corrected chi connectivity index (χ2v) is 12.3. The molecule has 0 bridgehead atoms. The van der Waals surface area contributed by atoms with Crippen molar-refractivity contribution in [2.24, 2.45) is 0 Å². The van der Waals surface area contributed by atoms with Gasteiger partial charge in [-0.2, -0.15) is 0 Å². The van der Waals surface area contributed by atoms with Gasteiger partial charge in [0, 0.05) is 22.0 Å². The van der Waals surface area contributed by atoms with Crippen LogP contribution in [0.5, 0.6) is 0 Å². The van der Waals surface area contributed by atoms with Gasteiger partial charge in [0.2, 0.25) is 0 Å². The fraction of sp³-hybridized carbons (Fsp3) is 0.0606. The van der Waals surface area contributed by atoms with E-state index in [2.05, 4.69) is 140 Å². The molecule has 0 N–H and O–H groups in total. The third kappa shape index (κ3) is 5.21. The van der Waals surface area contributed by atoms with E-state index in [4.69, 9.17) is 10.3 Å². The average Bonchev–Trinajstić information content (AvgIpc) is 3.63. The zero-order valence-electron chi connectivity index (χ0n) is 21.1. The highest BCUT2D eigenvalue weighted by molar-refractivity contribution is 7.99. The van der Waals surface area contributed by atoms with Crippen LogP contribution in [0, 0.1) is 30.8 Å². The van der Waals surface area contributed by atoms with Gasteiger partial charge in [0.15, 0.2) is 0 Å². The van der Waals surface area contributed by atoms with Crippen LogP contribution < -0.4 is 10.6 Å². The maximum Gasteiger partial charge on any atom is 0.127 e. The van der Waals surface area contributed by atoms with E-state index in [1.807, 2.05) is 12.1 Å². The summed E-state index contributed by atoms with van der Waals surface area (Å²) in [5, 5.41) is 13.2. The third-order valence-electron chi connectivity index (χ3n) is 6.57. The Morgan fingerprint density at radius 3 is 1.84 bits per heavy atom. The van der Waals surface area contributed by atoms with Crippen LogP contribution in [-0.4, -0.2) is 15.0 Å². The van der Waals surface area contributed by atoms with E-state index in [0.29, 0.717) is 0 Å². The first-order valence-corrected chi connectivity index (χ1v) is 14.8. The van der Waals surface area contributed by atoms with E-state index in [1.165, 1.54) is 27.1 Å². The number of aromatic nitrogens is 3. The first-order chi connectivity index (χ1) is 18.8. The number of rotatable bonds is 8. The predicted molar refractivity (Wildman–Crippen MR) is 159 cm³/mol. The molecule has 0 saturated heterocycles. The molecule has 6 rings (SSSR count). The van der Waals surface area contributed by atoms with Crippen LogP contribution in [0.25, 0.3) is 11.3 Å². The summed E-state index contributed by atoms with van der Waals surface area (Å²) >= 11 is 1.72. The molecule has 5 heteroatoms. The second kappa shape index (κ2) is 11.7.